The molecule has 9 heteroatoms. The molecule has 0 N–H and O–H groups in total. The lowest BCUT2D eigenvalue weighted by Crippen LogP contribution is -2.27. The number of aromatic nitrogens is 3. The smallest absolute Gasteiger partial charge is 0.361 e. The molecule has 0 aliphatic rings. The zero-order valence-electron chi connectivity index (χ0n) is 15.0. The molecule has 5 nitrogen and oxygen atoms in total. The Morgan fingerprint density at radius 2 is 1.88 bits per heavy atom. The van der Waals surface area contributed by atoms with Gasteiger partial charge in [0.15, 0.2) is 5.82 Å². The average Bonchev–Trinajstić information content (AvgIpc) is 2.92. The quantitative estimate of drug-likeness (QED) is 0.393. The van der Waals surface area contributed by atoms with Crippen LogP contribution in [0, 0.1) is 0 Å². The minimum absolute atomic E-state index is 0.134. The highest BCUT2D eigenvalue weighted by Crippen LogP contribution is 2.22. The minimum Gasteiger partial charge on any atom is -0.361 e. The average molecular weight is 385 g/mol. The van der Waals surface area contributed by atoms with E-state index >= 15 is 0 Å². The van der Waals surface area contributed by atoms with Crippen LogP contribution >= 0.6 is 0 Å². The van der Waals surface area contributed by atoms with Gasteiger partial charge >= 0.3 is 12.0 Å². The number of ether oxygens (including phenoxy) is 1. The summed E-state index contributed by atoms with van der Waals surface area (Å²) in [7, 11) is -1.31. The highest BCUT2D eigenvalue weighted by Gasteiger charge is 2.42. The maximum atomic E-state index is 12.8. The van der Waals surface area contributed by atoms with Crippen LogP contribution in [-0.4, -0.2) is 41.2 Å². The van der Waals surface area contributed by atoms with Crippen LogP contribution in [-0.2, 0) is 17.9 Å². The van der Waals surface area contributed by atoms with Crippen molar-refractivity contribution in [3.63, 3.8) is 0 Å². The van der Waals surface area contributed by atoms with Gasteiger partial charge in [-0.25, -0.2) is 4.98 Å². The number of rotatable bonds is 8. The maximum Gasteiger partial charge on any atom is 0.458 e. The van der Waals surface area contributed by atoms with Crippen molar-refractivity contribution in [3.05, 3.63) is 47.8 Å². The first kappa shape index (κ1) is 20.3. The van der Waals surface area contributed by atoms with Crippen molar-refractivity contribution in [3.8, 4) is 0 Å². The topological polar surface area (TPSA) is 57.0 Å². The lowest BCUT2D eigenvalue weighted by molar-refractivity contribution is -0.0896. The summed E-state index contributed by atoms with van der Waals surface area (Å²) in [6.45, 7) is 6.84. The summed E-state index contributed by atoms with van der Waals surface area (Å²) >= 11 is 0. The standard InChI is InChI=1S/C17H22F3N3O2Si/c1-26(2,3)9-8-25-12-23-11-14(10-13-4-6-21-7-5-13)22-16(23)15(24)17(18,19)20/h4-7,11H,8-10,12H2,1-3H3. The number of nitrogens with zero attached hydrogens (tertiary/aromatic N) is 3. The Bertz CT molecular complexity index is 740. The molecule has 0 atom stereocenters. The van der Waals surface area contributed by atoms with Crippen LogP contribution < -0.4 is 0 Å². The van der Waals surface area contributed by atoms with E-state index < -0.39 is 25.9 Å². The number of halogens is 3. The number of hydrogen-bond donors (Lipinski definition) is 0. The van der Waals surface area contributed by atoms with Crippen molar-refractivity contribution < 1.29 is 22.7 Å². The van der Waals surface area contributed by atoms with E-state index in [9.17, 15) is 18.0 Å². The Balaban J connectivity index is 2.16. The van der Waals surface area contributed by atoms with Gasteiger partial charge in [0.1, 0.15) is 6.73 Å². The van der Waals surface area contributed by atoms with Gasteiger partial charge in [0.05, 0.1) is 5.69 Å². The van der Waals surface area contributed by atoms with Crippen molar-refractivity contribution in [2.75, 3.05) is 6.61 Å². The normalized spacial score (nSPS) is 12.4. The molecule has 26 heavy (non-hydrogen) atoms. The fourth-order valence-electron chi connectivity index (χ4n) is 2.21. The van der Waals surface area contributed by atoms with E-state index in [0.29, 0.717) is 18.7 Å². The van der Waals surface area contributed by atoms with Crippen LogP contribution in [0.2, 0.25) is 25.7 Å². The van der Waals surface area contributed by atoms with Crippen molar-refractivity contribution in [2.45, 2.75) is 45.0 Å². The van der Waals surface area contributed by atoms with Crippen LogP contribution in [0.3, 0.4) is 0 Å². The summed E-state index contributed by atoms with van der Waals surface area (Å²) in [5.74, 6) is -2.61. The number of carbonyl (C=O) groups excluding carboxylic acids is 1. The molecule has 0 radical (unpaired) electrons. The Kier molecular flexibility index (Phi) is 6.35. The number of ketones is 1. The first-order chi connectivity index (χ1) is 12.1. The van der Waals surface area contributed by atoms with Gasteiger partial charge in [-0.2, -0.15) is 13.2 Å². The number of pyridine rings is 1. The van der Waals surface area contributed by atoms with E-state index in [1.54, 1.807) is 24.5 Å². The lowest BCUT2D eigenvalue weighted by atomic mass is 10.1. The molecule has 2 aromatic heterocycles. The molecule has 142 valence electrons. The summed E-state index contributed by atoms with van der Waals surface area (Å²) in [6.07, 6.45) is -0.0486. The second kappa shape index (κ2) is 8.13. The first-order valence-corrected chi connectivity index (χ1v) is 11.9. The second-order valence-electron chi connectivity index (χ2n) is 7.23. The predicted molar refractivity (Wildman–Crippen MR) is 93.8 cm³/mol. The molecule has 0 saturated heterocycles. The van der Waals surface area contributed by atoms with Gasteiger partial charge in [0, 0.05) is 39.7 Å². The Hall–Kier alpha value is -2.00. The number of carbonyl (C=O) groups is 1. The first-order valence-electron chi connectivity index (χ1n) is 8.20. The van der Waals surface area contributed by atoms with E-state index in [0.717, 1.165) is 16.2 Å². The minimum atomic E-state index is -4.98. The van der Waals surface area contributed by atoms with Gasteiger partial charge in [0.25, 0.3) is 0 Å². The van der Waals surface area contributed by atoms with Crippen LogP contribution in [0.15, 0.2) is 30.7 Å². The largest absolute Gasteiger partial charge is 0.458 e. The molecule has 0 fully saturated rings. The van der Waals surface area contributed by atoms with Crippen LogP contribution in [0.1, 0.15) is 21.9 Å². The van der Waals surface area contributed by atoms with E-state index in [4.69, 9.17) is 4.74 Å². The van der Waals surface area contributed by atoms with Gasteiger partial charge in [-0.1, -0.05) is 19.6 Å². The highest BCUT2D eigenvalue weighted by molar-refractivity contribution is 6.76. The molecule has 0 aliphatic carbocycles. The van der Waals surface area contributed by atoms with Crippen molar-refractivity contribution in [2.24, 2.45) is 0 Å². The molecule has 2 aromatic rings. The fraction of sp³-hybridized carbons (Fsp3) is 0.471. The van der Waals surface area contributed by atoms with Crippen LogP contribution in [0.4, 0.5) is 13.2 Å². The van der Waals surface area contributed by atoms with Gasteiger partial charge in [-0.05, 0) is 23.7 Å². The molecular weight excluding hydrogens is 363 g/mol. The summed E-state index contributed by atoms with van der Waals surface area (Å²) in [4.78, 5) is 19.5. The molecule has 0 bridgehead atoms. The molecule has 0 saturated carbocycles. The fourth-order valence-corrected chi connectivity index (χ4v) is 2.97. The number of Topliss-reactive ketones (excluding diaryl/α,β-unsaturated/α-hetero) is 1. The third-order valence-electron chi connectivity index (χ3n) is 3.65. The second-order valence-corrected chi connectivity index (χ2v) is 12.9. The molecule has 2 heterocycles. The Morgan fingerprint density at radius 3 is 2.46 bits per heavy atom. The molecule has 0 aliphatic heterocycles. The number of alkyl halides is 3. The summed E-state index contributed by atoms with van der Waals surface area (Å²) in [6, 6.07) is 4.37. The van der Waals surface area contributed by atoms with E-state index in [1.807, 2.05) is 0 Å². The predicted octanol–water partition coefficient (Wildman–Crippen LogP) is 3.93. The lowest BCUT2D eigenvalue weighted by Gasteiger charge is -2.16. The zero-order chi connectivity index (χ0) is 19.4. The summed E-state index contributed by atoms with van der Waals surface area (Å²) in [5, 5.41) is 0. The Morgan fingerprint density at radius 1 is 1.23 bits per heavy atom. The van der Waals surface area contributed by atoms with E-state index in [2.05, 4.69) is 29.6 Å². The van der Waals surface area contributed by atoms with Gasteiger partial charge in [-0.3, -0.25) is 9.78 Å². The molecule has 0 spiro atoms. The van der Waals surface area contributed by atoms with E-state index in [1.165, 1.54) is 6.20 Å². The van der Waals surface area contributed by atoms with Crippen molar-refractivity contribution in [1.82, 2.24) is 14.5 Å². The monoisotopic (exact) mass is 385 g/mol. The Labute approximate surface area is 151 Å². The third kappa shape index (κ3) is 6.06. The molecular formula is C17H22F3N3O2Si. The molecule has 0 unspecified atom stereocenters. The summed E-state index contributed by atoms with van der Waals surface area (Å²) < 4.78 is 45.2. The zero-order valence-corrected chi connectivity index (χ0v) is 16.0. The van der Waals surface area contributed by atoms with Crippen molar-refractivity contribution in [1.29, 1.82) is 0 Å². The third-order valence-corrected chi connectivity index (χ3v) is 5.35. The van der Waals surface area contributed by atoms with Crippen LogP contribution in [0.5, 0.6) is 0 Å². The SMILES string of the molecule is C[Si](C)(C)CCOCn1cc(Cc2ccncc2)nc1C(=O)C(F)(F)F. The maximum absolute atomic E-state index is 12.8. The molecule has 2 rings (SSSR count). The van der Waals surface area contributed by atoms with Gasteiger partial charge in [-0.15, -0.1) is 0 Å². The molecule has 0 amide bonds. The summed E-state index contributed by atoms with van der Waals surface area (Å²) in [5.41, 5.74) is 1.22. The van der Waals surface area contributed by atoms with Crippen molar-refractivity contribution >= 4 is 13.9 Å². The number of hydrogen-bond acceptors (Lipinski definition) is 4. The molecule has 0 aromatic carbocycles. The van der Waals surface area contributed by atoms with Crippen LogP contribution in [0.25, 0.3) is 0 Å². The van der Waals surface area contributed by atoms with E-state index in [-0.39, 0.29) is 6.73 Å². The number of imidazole rings is 1. The van der Waals surface area contributed by atoms with Gasteiger partial charge < -0.3 is 9.30 Å². The van der Waals surface area contributed by atoms with Gasteiger partial charge in [0.2, 0.25) is 0 Å². The highest BCUT2D eigenvalue weighted by atomic mass is 28.3.